The van der Waals surface area contributed by atoms with Gasteiger partial charge in [0.25, 0.3) is 0 Å². The Morgan fingerprint density at radius 1 is 0.362 bits per heavy atom. The van der Waals surface area contributed by atoms with Gasteiger partial charge in [-0.15, -0.1) is 0 Å². The van der Waals surface area contributed by atoms with Gasteiger partial charge in [-0.3, -0.25) is 0 Å². The third-order valence-electron chi connectivity index (χ3n) is 12.2. The summed E-state index contributed by atoms with van der Waals surface area (Å²) in [6.07, 6.45) is 0. The van der Waals surface area contributed by atoms with Crippen molar-refractivity contribution >= 4 is 21.8 Å². The van der Waals surface area contributed by atoms with Crippen molar-refractivity contribution in [1.29, 1.82) is 0 Å². The van der Waals surface area contributed by atoms with Crippen LogP contribution in [0.2, 0.25) is 0 Å². The van der Waals surface area contributed by atoms with E-state index in [-0.39, 0.29) is 5.41 Å². The molecule has 2 heteroatoms. The lowest BCUT2D eigenvalue weighted by atomic mass is 9.82. The molecule has 11 rings (SSSR count). The molecule has 0 N–H and O–H groups in total. The van der Waals surface area contributed by atoms with Gasteiger partial charge in [0.2, 0.25) is 0 Å². The molecule has 0 aliphatic heterocycles. The molecule has 0 fully saturated rings. The highest BCUT2D eigenvalue weighted by Gasteiger charge is 2.36. The van der Waals surface area contributed by atoms with Crippen molar-refractivity contribution in [3.63, 3.8) is 0 Å². The number of para-hydroxylation sites is 2. The fourth-order valence-electron chi connectivity index (χ4n) is 9.35. The molecule has 2 nitrogen and oxygen atoms in total. The Morgan fingerprint density at radius 2 is 0.879 bits per heavy atom. The van der Waals surface area contributed by atoms with Gasteiger partial charge in [-0.25, -0.2) is 4.98 Å². The summed E-state index contributed by atoms with van der Waals surface area (Å²) in [5.41, 5.74) is 19.9. The van der Waals surface area contributed by atoms with Crippen molar-refractivity contribution in [2.24, 2.45) is 0 Å². The van der Waals surface area contributed by atoms with Crippen molar-refractivity contribution in [2.75, 3.05) is 0 Å². The van der Waals surface area contributed by atoms with Gasteiger partial charge in [-0.05, 0) is 110 Å². The average Bonchev–Trinajstić information content (AvgIpc) is 3.75. The highest BCUT2D eigenvalue weighted by molar-refractivity contribution is 6.09. The van der Waals surface area contributed by atoms with Crippen LogP contribution in [0, 0.1) is 0 Å². The van der Waals surface area contributed by atoms with E-state index in [1.807, 2.05) is 0 Å². The minimum Gasteiger partial charge on any atom is -0.309 e. The first kappa shape index (κ1) is 34.0. The summed E-state index contributed by atoms with van der Waals surface area (Å²) in [4.78, 5) is 5.42. The molecule has 0 amide bonds. The Morgan fingerprint density at radius 3 is 1.62 bits per heavy atom. The second-order valence-electron chi connectivity index (χ2n) is 16.0. The number of hydrogen-bond donors (Lipinski definition) is 0. The van der Waals surface area contributed by atoms with Crippen LogP contribution in [-0.4, -0.2) is 9.55 Å². The number of pyridine rings is 1. The first-order chi connectivity index (χ1) is 28.5. The van der Waals surface area contributed by atoms with Crippen molar-refractivity contribution < 1.29 is 0 Å². The van der Waals surface area contributed by atoms with E-state index in [9.17, 15) is 0 Å². The van der Waals surface area contributed by atoms with E-state index >= 15 is 0 Å². The zero-order valence-corrected chi connectivity index (χ0v) is 32.5. The van der Waals surface area contributed by atoms with Crippen LogP contribution >= 0.6 is 0 Å². The topological polar surface area (TPSA) is 17.8 Å². The van der Waals surface area contributed by atoms with Crippen LogP contribution in [0.15, 0.2) is 206 Å². The summed E-state index contributed by atoms with van der Waals surface area (Å²) in [6.45, 7) is 4.71. The summed E-state index contributed by atoms with van der Waals surface area (Å²) in [5.74, 6) is 0. The Hall–Kier alpha value is -7.29. The summed E-state index contributed by atoms with van der Waals surface area (Å²) in [7, 11) is 0. The summed E-state index contributed by atoms with van der Waals surface area (Å²) < 4.78 is 2.40. The number of aromatic nitrogens is 2. The molecule has 0 saturated heterocycles. The number of benzene rings is 8. The maximum Gasteiger partial charge on any atom is 0.0716 e. The largest absolute Gasteiger partial charge is 0.309 e. The average molecular weight is 741 g/mol. The molecular formula is C56H40N2. The number of hydrogen-bond acceptors (Lipinski definition) is 1. The van der Waals surface area contributed by atoms with E-state index in [1.54, 1.807) is 0 Å². The molecular weight excluding hydrogens is 701 g/mol. The predicted molar refractivity (Wildman–Crippen MR) is 243 cm³/mol. The highest BCUT2D eigenvalue weighted by atomic mass is 15.0. The van der Waals surface area contributed by atoms with Crippen LogP contribution in [0.1, 0.15) is 25.0 Å². The predicted octanol–water partition coefficient (Wildman–Crippen LogP) is 14.8. The molecule has 8 aromatic carbocycles. The van der Waals surface area contributed by atoms with Crippen molar-refractivity contribution in [1.82, 2.24) is 9.55 Å². The standard InChI is InChI=1S/C56H40N2/c1-56(2)49-27-12-9-25-48(49)55-45(26-16-28-50(55)56)42-31-40(39-21-15-22-44(34-39)58-53-29-13-10-23-46(53)47-24-11-14-30-54(47)58)32-43(33-42)52-36-41(37-17-5-3-6-18-37)35-51(57-52)38-19-7-4-8-20-38/h3-36H,1-2H3. The lowest BCUT2D eigenvalue weighted by molar-refractivity contribution is 0.660. The Bertz CT molecular complexity index is 3080. The van der Waals surface area contributed by atoms with Crippen LogP contribution in [-0.2, 0) is 5.41 Å². The van der Waals surface area contributed by atoms with Crippen LogP contribution in [0.5, 0.6) is 0 Å². The molecule has 0 spiro atoms. The third kappa shape index (κ3) is 5.52. The Kier molecular flexibility index (Phi) is 7.87. The van der Waals surface area contributed by atoms with Gasteiger partial charge in [0.1, 0.15) is 0 Å². The summed E-state index contributed by atoms with van der Waals surface area (Å²) in [6, 6.07) is 75.0. The van der Waals surface area contributed by atoms with Crippen LogP contribution in [0.4, 0.5) is 0 Å². The van der Waals surface area contributed by atoms with Gasteiger partial charge in [0.05, 0.1) is 22.4 Å². The van der Waals surface area contributed by atoms with E-state index < -0.39 is 0 Å². The molecule has 10 aromatic rings. The quantitative estimate of drug-likeness (QED) is 0.166. The molecule has 0 radical (unpaired) electrons. The molecule has 0 bridgehead atoms. The van der Waals surface area contributed by atoms with Crippen molar-refractivity contribution in [3.8, 4) is 72.7 Å². The molecule has 274 valence electrons. The summed E-state index contributed by atoms with van der Waals surface area (Å²) >= 11 is 0. The minimum absolute atomic E-state index is 0.102. The molecule has 2 aromatic heterocycles. The van der Waals surface area contributed by atoms with Gasteiger partial charge in [-0.1, -0.05) is 166 Å². The van der Waals surface area contributed by atoms with Gasteiger partial charge < -0.3 is 4.57 Å². The van der Waals surface area contributed by atoms with Gasteiger partial charge in [0, 0.05) is 33.0 Å². The highest BCUT2D eigenvalue weighted by Crippen LogP contribution is 2.52. The molecule has 58 heavy (non-hydrogen) atoms. The second-order valence-corrected chi connectivity index (χ2v) is 16.0. The maximum atomic E-state index is 5.42. The zero-order chi connectivity index (χ0) is 38.8. The molecule has 1 aliphatic rings. The van der Waals surface area contributed by atoms with E-state index in [0.29, 0.717) is 0 Å². The second kappa shape index (κ2) is 13.4. The Labute approximate surface area is 339 Å². The van der Waals surface area contributed by atoms with E-state index in [0.717, 1.165) is 44.9 Å². The number of nitrogens with zero attached hydrogens (tertiary/aromatic N) is 2. The van der Waals surface area contributed by atoms with Gasteiger partial charge in [0.15, 0.2) is 0 Å². The summed E-state index contributed by atoms with van der Waals surface area (Å²) in [5, 5.41) is 2.51. The first-order valence-electron chi connectivity index (χ1n) is 20.1. The van der Waals surface area contributed by atoms with Crippen LogP contribution < -0.4 is 0 Å². The number of rotatable bonds is 6. The molecule has 0 atom stereocenters. The lowest BCUT2D eigenvalue weighted by Gasteiger charge is -2.21. The molecule has 1 aliphatic carbocycles. The van der Waals surface area contributed by atoms with E-state index in [4.69, 9.17) is 4.98 Å². The molecule has 0 saturated carbocycles. The monoisotopic (exact) mass is 740 g/mol. The Balaban J connectivity index is 1.16. The first-order valence-corrected chi connectivity index (χ1v) is 20.1. The molecule has 0 unspecified atom stereocenters. The SMILES string of the molecule is CC1(C)c2ccccc2-c2c(-c3cc(-c4cccc(-n5c6ccccc6c6ccccc65)c4)cc(-c4cc(-c5ccccc5)cc(-c5ccccc5)n4)c3)cccc21. The minimum atomic E-state index is -0.102. The van der Waals surface area contributed by atoms with Crippen molar-refractivity contribution in [3.05, 3.63) is 217 Å². The lowest BCUT2D eigenvalue weighted by Crippen LogP contribution is -2.14. The normalized spacial score (nSPS) is 12.8. The zero-order valence-electron chi connectivity index (χ0n) is 32.5. The van der Waals surface area contributed by atoms with E-state index in [2.05, 4.69) is 225 Å². The fraction of sp³-hybridized carbons (Fsp3) is 0.0536. The van der Waals surface area contributed by atoms with Gasteiger partial charge in [-0.2, -0.15) is 0 Å². The van der Waals surface area contributed by atoms with Gasteiger partial charge >= 0.3 is 0 Å². The van der Waals surface area contributed by atoms with Crippen LogP contribution in [0.25, 0.3) is 94.5 Å². The maximum absolute atomic E-state index is 5.42. The smallest absolute Gasteiger partial charge is 0.0716 e. The van der Waals surface area contributed by atoms with Crippen LogP contribution in [0.3, 0.4) is 0 Å². The van der Waals surface area contributed by atoms with Crippen molar-refractivity contribution in [2.45, 2.75) is 19.3 Å². The third-order valence-corrected chi connectivity index (χ3v) is 12.2. The molecule has 2 heterocycles. The number of fused-ring (bicyclic) bond motifs is 6. The van der Waals surface area contributed by atoms with E-state index in [1.165, 1.54) is 60.8 Å². The fourth-order valence-corrected chi connectivity index (χ4v) is 9.35.